The largest absolute Gasteiger partial charge is 0.271 e. The van der Waals surface area contributed by atoms with Crippen molar-refractivity contribution in [1.29, 1.82) is 0 Å². The van der Waals surface area contributed by atoms with Gasteiger partial charge < -0.3 is 0 Å². The van der Waals surface area contributed by atoms with Crippen LogP contribution < -0.4 is 0 Å². The first-order valence-corrected chi connectivity index (χ1v) is 3.26. The van der Waals surface area contributed by atoms with Crippen LogP contribution in [0.4, 0.5) is 0 Å². The van der Waals surface area contributed by atoms with Crippen LogP contribution in [0, 0.1) is 0 Å². The molecule has 1 rings (SSSR count). The van der Waals surface area contributed by atoms with Gasteiger partial charge in [0.15, 0.2) is 0 Å². The average molecular weight is 124 g/mol. The molecule has 50 valence electrons. The lowest BCUT2D eigenvalue weighted by Gasteiger charge is -2.32. The smallest absolute Gasteiger partial charge is 0.0518 e. The van der Waals surface area contributed by atoms with E-state index in [1.165, 1.54) is 19.3 Å². The van der Waals surface area contributed by atoms with Crippen molar-refractivity contribution in [2.75, 3.05) is 0 Å². The van der Waals surface area contributed by atoms with Gasteiger partial charge in [-0.05, 0) is 19.3 Å². The third-order valence-electron chi connectivity index (χ3n) is 1.80. The second-order valence-electron chi connectivity index (χ2n) is 2.29. The van der Waals surface area contributed by atoms with Crippen LogP contribution in [0.1, 0.15) is 19.3 Å². The van der Waals surface area contributed by atoms with Crippen molar-refractivity contribution in [3.63, 3.8) is 0 Å². The highest BCUT2D eigenvalue weighted by Gasteiger charge is 2.21. The van der Waals surface area contributed by atoms with Crippen LogP contribution in [0.5, 0.6) is 0 Å². The Hall–Kier alpha value is -0.790. The minimum absolute atomic E-state index is 0.597. The third-order valence-corrected chi connectivity index (χ3v) is 1.80. The van der Waals surface area contributed by atoms with Gasteiger partial charge in [0, 0.05) is 12.9 Å². The molecule has 0 aliphatic heterocycles. The first kappa shape index (κ1) is 6.33. The van der Waals surface area contributed by atoms with E-state index in [4.69, 9.17) is 0 Å². The Labute approximate surface area is 55.9 Å². The summed E-state index contributed by atoms with van der Waals surface area (Å²) >= 11 is 0. The first-order chi connectivity index (χ1) is 4.38. The standard InChI is InChI=1S/C7H12N2/c1-3-9(8-2)7-5-4-6-7/h3,7H,1-2,4-6H2. The monoisotopic (exact) mass is 124 g/mol. The molecule has 0 aromatic heterocycles. The van der Waals surface area contributed by atoms with Crippen LogP contribution >= 0.6 is 0 Å². The molecular formula is C7H12N2. The lowest BCUT2D eigenvalue weighted by Crippen LogP contribution is -2.32. The topological polar surface area (TPSA) is 15.6 Å². The molecule has 1 saturated carbocycles. The molecule has 1 aliphatic carbocycles. The maximum absolute atomic E-state index is 3.79. The van der Waals surface area contributed by atoms with Gasteiger partial charge in [0.1, 0.15) is 0 Å². The molecule has 0 spiro atoms. The van der Waals surface area contributed by atoms with Crippen LogP contribution in [0.15, 0.2) is 17.9 Å². The summed E-state index contributed by atoms with van der Waals surface area (Å²) in [6, 6.07) is 0.597. The highest BCUT2D eigenvalue weighted by molar-refractivity contribution is 5.23. The number of hydrogen-bond acceptors (Lipinski definition) is 2. The highest BCUT2D eigenvalue weighted by atomic mass is 15.5. The molecule has 0 saturated heterocycles. The van der Waals surface area contributed by atoms with Crippen LogP contribution in [-0.2, 0) is 0 Å². The Morgan fingerprint density at radius 1 is 1.56 bits per heavy atom. The summed E-state index contributed by atoms with van der Waals surface area (Å²) in [5.74, 6) is 0. The first-order valence-electron chi connectivity index (χ1n) is 3.26. The zero-order chi connectivity index (χ0) is 6.69. The lowest BCUT2D eigenvalue weighted by molar-refractivity contribution is 0.192. The zero-order valence-electron chi connectivity index (χ0n) is 5.58. The molecule has 1 aliphatic rings. The molecule has 2 heteroatoms. The molecule has 0 aromatic carbocycles. The van der Waals surface area contributed by atoms with Crippen molar-refractivity contribution in [3.05, 3.63) is 12.8 Å². The fourth-order valence-electron chi connectivity index (χ4n) is 0.974. The van der Waals surface area contributed by atoms with Crippen LogP contribution in [0.3, 0.4) is 0 Å². The van der Waals surface area contributed by atoms with Crippen molar-refractivity contribution in [3.8, 4) is 0 Å². The van der Waals surface area contributed by atoms with E-state index < -0.39 is 0 Å². The SMILES string of the molecule is C=CN(N=C)C1CCC1. The van der Waals surface area contributed by atoms with E-state index in [2.05, 4.69) is 18.4 Å². The zero-order valence-corrected chi connectivity index (χ0v) is 5.58. The minimum atomic E-state index is 0.597. The predicted molar refractivity (Wildman–Crippen MR) is 39.2 cm³/mol. The summed E-state index contributed by atoms with van der Waals surface area (Å²) in [6.45, 7) is 7.07. The molecule has 0 heterocycles. The Bertz CT molecular complexity index is 108. The van der Waals surface area contributed by atoms with E-state index in [9.17, 15) is 0 Å². The van der Waals surface area contributed by atoms with Crippen LogP contribution in [-0.4, -0.2) is 17.8 Å². The maximum Gasteiger partial charge on any atom is 0.0518 e. The second-order valence-corrected chi connectivity index (χ2v) is 2.29. The van der Waals surface area contributed by atoms with E-state index in [-0.39, 0.29) is 0 Å². The molecule has 1 fully saturated rings. The molecule has 0 N–H and O–H groups in total. The van der Waals surface area contributed by atoms with Crippen molar-refractivity contribution >= 4 is 6.72 Å². The third kappa shape index (κ3) is 1.12. The number of hydrazone groups is 1. The summed E-state index contributed by atoms with van der Waals surface area (Å²) in [5, 5.41) is 5.63. The molecule has 0 atom stereocenters. The number of rotatable bonds is 3. The fraction of sp³-hybridized carbons (Fsp3) is 0.571. The lowest BCUT2D eigenvalue weighted by atomic mass is 9.93. The molecular weight excluding hydrogens is 112 g/mol. The molecule has 0 aromatic rings. The Kier molecular flexibility index (Phi) is 1.88. The van der Waals surface area contributed by atoms with Gasteiger partial charge in [0.25, 0.3) is 0 Å². The summed E-state index contributed by atoms with van der Waals surface area (Å²) in [6.07, 6.45) is 5.54. The van der Waals surface area contributed by atoms with E-state index in [1.54, 1.807) is 6.20 Å². The fourth-order valence-corrected chi connectivity index (χ4v) is 0.974. The molecule has 9 heavy (non-hydrogen) atoms. The van der Waals surface area contributed by atoms with E-state index in [1.807, 2.05) is 5.01 Å². The van der Waals surface area contributed by atoms with Crippen LogP contribution in [0.2, 0.25) is 0 Å². The van der Waals surface area contributed by atoms with E-state index in [0.717, 1.165) is 0 Å². The van der Waals surface area contributed by atoms with Gasteiger partial charge in [-0.3, -0.25) is 5.01 Å². The summed E-state index contributed by atoms with van der Waals surface area (Å²) in [7, 11) is 0. The van der Waals surface area contributed by atoms with Gasteiger partial charge in [-0.1, -0.05) is 6.58 Å². The van der Waals surface area contributed by atoms with Gasteiger partial charge in [-0.2, -0.15) is 5.10 Å². The highest BCUT2D eigenvalue weighted by Crippen LogP contribution is 2.24. The van der Waals surface area contributed by atoms with Gasteiger partial charge in [0.2, 0.25) is 0 Å². The molecule has 0 bridgehead atoms. The predicted octanol–water partition coefficient (Wildman–Crippen LogP) is 1.60. The van der Waals surface area contributed by atoms with Gasteiger partial charge in [-0.25, -0.2) is 0 Å². The quantitative estimate of drug-likeness (QED) is 0.412. The minimum Gasteiger partial charge on any atom is -0.271 e. The molecule has 0 amide bonds. The Morgan fingerprint density at radius 3 is 2.33 bits per heavy atom. The maximum atomic E-state index is 3.79. The van der Waals surface area contributed by atoms with Gasteiger partial charge >= 0.3 is 0 Å². The summed E-state index contributed by atoms with van der Waals surface area (Å²) in [4.78, 5) is 0. The summed E-state index contributed by atoms with van der Waals surface area (Å²) < 4.78 is 0. The molecule has 2 nitrogen and oxygen atoms in total. The second kappa shape index (κ2) is 2.67. The van der Waals surface area contributed by atoms with Crippen LogP contribution in [0.25, 0.3) is 0 Å². The number of hydrogen-bond donors (Lipinski definition) is 0. The Balaban J connectivity index is 2.35. The molecule has 0 unspecified atom stereocenters. The van der Waals surface area contributed by atoms with E-state index >= 15 is 0 Å². The van der Waals surface area contributed by atoms with Crippen molar-refractivity contribution in [1.82, 2.24) is 5.01 Å². The molecule has 0 radical (unpaired) electrons. The van der Waals surface area contributed by atoms with E-state index in [0.29, 0.717) is 6.04 Å². The van der Waals surface area contributed by atoms with Crippen molar-refractivity contribution in [2.45, 2.75) is 25.3 Å². The van der Waals surface area contributed by atoms with Gasteiger partial charge in [-0.15, -0.1) is 0 Å². The van der Waals surface area contributed by atoms with Gasteiger partial charge in [0.05, 0.1) is 6.04 Å². The average Bonchev–Trinajstić information content (AvgIpc) is 1.78. The van der Waals surface area contributed by atoms with Crippen molar-refractivity contribution < 1.29 is 0 Å². The van der Waals surface area contributed by atoms with Crippen molar-refractivity contribution in [2.24, 2.45) is 5.10 Å². The normalized spacial score (nSPS) is 18.2. The Morgan fingerprint density at radius 2 is 2.22 bits per heavy atom. The summed E-state index contributed by atoms with van der Waals surface area (Å²) in [5.41, 5.74) is 0. The number of nitrogens with zero attached hydrogens (tertiary/aromatic N) is 2.